The zero-order valence-corrected chi connectivity index (χ0v) is 16.4. The molecule has 1 amide bonds. The summed E-state index contributed by atoms with van der Waals surface area (Å²) in [5.41, 5.74) is 1.64. The fourth-order valence-electron chi connectivity index (χ4n) is 2.80. The number of carbonyl (C=O) groups excluding carboxylic acids is 1. The molecule has 1 aromatic heterocycles. The molecular formula is C23H22N2O4. The molecule has 0 unspecified atom stereocenters. The van der Waals surface area contributed by atoms with Gasteiger partial charge in [0.25, 0.3) is 0 Å². The normalized spacial score (nSPS) is 10.0. The monoisotopic (exact) mass is 390 g/mol. The zero-order chi connectivity index (χ0) is 20.5. The number of para-hydroxylation sites is 1. The number of hydrogen-bond acceptors (Lipinski definition) is 5. The molecule has 0 aliphatic heterocycles. The van der Waals surface area contributed by atoms with Crippen LogP contribution >= 0.6 is 0 Å². The number of fused-ring (bicyclic) bond motifs is 1. The molecule has 0 aliphatic carbocycles. The van der Waals surface area contributed by atoms with E-state index in [-0.39, 0.29) is 25.5 Å². The number of nitrogens with zero attached hydrogens (tertiary/aromatic N) is 1. The first-order chi connectivity index (χ1) is 14.2. The predicted molar refractivity (Wildman–Crippen MR) is 111 cm³/mol. The number of rotatable bonds is 7. The third kappa shape index (κ3) is 5.39. The van der Waals surface area contributed by atoms with Crippen molar-refractivity contribution in [3.63, 3.8) is 0 Å². The molecule has 6 nitrogen and oxygen atoms in total. The molecule has 0 saturated heterocycles. The zero-order valence-electron chi connectivity index (χ0n) is 16.4. The Labute approximate surface area is 169 Å². The SMILES string of the molecule is COc1ccc(CC(=O)NCC#CCOc2cccc3cccnc23)cc1OC. The van der Waals surface area contributed by atoms with Gasteiger partial charge < -0.3 is 19.5 Å². The molecule has 1 N–H and O–H groups in total. The maximum absolute atomic E-state index is 12.1. The van der Waals surface area contributed by atoms with Crippen LogP contribution in [0.3, 0.4) is 0 Å². The van der Waals surface area contributed by atoms with Gasteiger partial charge in [-0.1, -0.05) is 36.1 Å². The van der Waals surface area contributed by atoms with Crippen molar-refractivity contribution < 1.29 is 19.0 Å². The second-order valence-electron chi connectivity index (χ2n) is 6.12. The van der Waals surface area contributed by atoms with Crippen LogP contribution in [0, 0.1) is 11.8 Å². The number of ether oxygens (including phenoxy) is 3. The minimum atomic E-state index is -0.120. The van der Waals surface area contributed by atoms with Crippen molar-refractivity contribution in [1.82, 2.24) is 10.3 Å². The van der Waals surface area contributed by atoms with Crippen molar-refractivity contribution in [2.45, 2.75) is 6.42 Å². The van der Waals surface area contributed by atoms with Gasteiger partial charge >= 0.3 is 0 Å². The smallest absolute Gasteiger partial charge is 0.225 e. The van der Waals surface area contributed by atoms with E-state index in [2.05, 4.69) is 22.1 Å². The van der Waals surface area contributed by atoms with E-state index in [0.717, 1.165) is 16.5 Å². The lowest BCUT2D eigenvalue weighted by atomic mass is 10.1. The van der Waals surface area contributed by atoms with E-state index in [1.54, 1.807) is 32.5 Å². The van der Waals surface area contributed by atoms with Crippen LogP contribution in [0.2, 0.25) is 0 Å². The second-order valence-corrected chi connectivity index (χ2v) is 6.12. The fraction of sp³-hybridized carbons (Fsp3) is 0.217. The Hall–Kier alpha value is -3.72. The second kappa shape index (κ2) is 10.00. The van der Waals surface area contributed by atoms with Gasteiger partial charge in [0.15, 0.2) is 11.5 Å². The summed E-state index contributed by atoms with van der Waals surface area (Å²) < 4.78 is 16.1. The molecule has 1 heterocycles. The summed E-state index contributed by atoms with van der Waals surface area (Å²) >= 11 is 0. The molecule has 0 spiro atoms. The highest BCUT2D eigenvalue weighted by atomic mass is 16.5. The number of methoxy groups -OCH3 is 2. The minimum Gasteiger partial charge on any atom is -0.493 e. The largest absolute Gasteiger partial charge is 0.493 e. The summed E-state index contributed by atoms with van der Waals surface area (Å²) in [6.45, 7) is 0.477. The van der Waals surface area contributed by atoms with Crippen molar-refractivity contribution >= 4 is 16.8 Å². The first-order valence-electron chi connectivity index (χ1n) is 9.11. The van der Waals surface area contributed by atoms with E-state index in [1.165, 1.54) is 0 Å². The van der Waals surface area contributed by atoms with Crippen LogP contribution in [0.25, 0.3) is 10.9 Å². The van der Waals surface area contributed by atoms with E-state index in [0.29, 0.717) is 17.2 Å². The standard InChI is InChI=1S/C23H22N2O4/c1-27-19-11-10-17(15-21(19)28-2)16-22(26)24-12-3-4-14-29-20-9-5-7-18-8-6-13-25-23(18)20/h5-11,13,15H,12,14,16H2,1-2H3,(H,24,26). The summed E-state index contributed by atoms with van der Waals surface area (Å²) in [5, 5.41) is 3.79. The van der Waals surface area contributed by atoms with Crippen LogP contribution in [0.1, 0.15) is 5.56 Å². The Balaban J connectivity index is 1.46. The average Bonchev–Trinajstić information content (AvgIpc) is 2.76. The predicted octanol–water partition coefficient (Wildman–Crippen LogP) is 2.99. The molecule has 0 bridgehead atoms. The third-order valence-electron chi connectivity index (χ3n) is 4.21. The third-order valence-corrected chi connectivity index (χ3v) is 4.21. The van der Waals surface area contributed by atoms with Gasteiger partial charge in [-0.3, -0.25) is 9.78 Å². The Morgan fingerprint density at radius 1 is 1.00 bits per heavy atom. The van der Waals surface area contributed by atoms with Gasteiger partial charge in [0.1, 0.15) is 17.9 Å². The maximum atomic E-state index is 12.1. The molecule has 0 atom stereocenters. The highest BCUT2D eigenvalue weighted by molar-refractivity contribution is 5.84. The summed E-state index contributed by atoms with van der Waals surface area (Å²) in [4.78, 5) is 16.4. The molecule has 6 heteroatoms. The number of carbonyl (C=O) groups is 1. The Bertz CT molecular complexity index is 1050. The molecule has 3 aromatic rings. The number of benzene rings is 2. The van der Waals surface area contributed by atoms with Gasteiger partial charge in [0.05, 0.1) is 27.2 Å². The molecule has 3 rings (SSSR count). The summed E-state index contributed by atoms with van der Waals surface area (Å²) in [7, 11) is 3.14. The van der Waals surface area contributed by atoms with E-state index >= 15 is 0 Å². The molecule has 0 radical (unpaired) electrons. The fourth-order valence-corrected chi connectivity index (χ4v) is 2.80. The first-order valence-corrected chi connectivity index (χ1v) is 9.11. The van der Waals surface area contributed by atoms with Gasteiger partial charge in [0.2, 0.25) is 5.91 Å². The molecule has 148 valence electrons. The number of aromatic nitrogens is 1. The van der Waals surface area contributed by atoms with Crippen LogP contribution < -0.4 is 19.5 Å². The van der Waals surface area contributed by atoms with E-state index < -0.39 is 0 Å². The molecule has 2 aromatic carbocycles. The molecule has 29 heavy (non-hydrogen) atoms. The van der Waals surface area contributed by atoms with Crippen molar-refractivity contribution in [2.75, 3.05) is 27.4 Å². The first kappa shape index (κ1) is 20.0. The van der Waals surface area contributed by atoms with Crippen LogP contribution in [-0.2, 0) is 11.2 Å². The Morgan fingerprint density at radius 3 is 2.66 bits per heavy atom. The van der Waals surface area contributed by atoms with Crippen molar-refractivity contribution in [3.05, 3.63) is 60.3 Å². The quantitative estimate of drug-likeness (QED) is 0.628. The highest BCUT2D eigenvalue weighted by Gasteiger charge is 2.07. The van der Waals surface area contributed by atoms with E-state index in [1.807, 2.05) is 36.4 Å². The maximum Gasteiger partial charge on any atom is 0.225 e. The summed E-state index contributed by atoms with van der Waals surface area (Å²) in [6.07, 6.45) is 1.97. The molecule has 0 saturated carbocycles. The molecular weight excluding hydrogens is 368 g/mol. The summed E-state index contributed by atoms with van der Waals surface area (Å²) in [5.74, 6) is 7.58. The van der Waals surface area contributed by atoms with Crippen molar-refractivity contribution in [1.29, 1.82) is 0 Å². The van der Waals surface area contributed by atoms with Crippen LogP contribution in [-0.4, -0.2) is 38.3 Å². The Morgan fingerprint density at radius 2 is 1.83 bits per heavy atom. The lowest BCUT2D eigenvalue weighted by Gasteiger charge is -2.09. The van der Waals surface area contributed by atoms with Crippen molar-refractivity contribution in [3.8, 4) is 29.1 Å². The molecule has 0 aliphatic rings. The lowest BCUT2D eigenvalue weighted by Crippen LogP contribution is -2.25. The highest BCUT2D eigenvalue weighted by Crippen LogP contribution is 2.27. The average molecular weight is 390 g/mol. The van der Waals surface area contributed by atoms with E-state index in [9.17, 15) is 4.79 Å². The number of amides is 1. The summed E-state index contributed by atoms with van der Waals surface area (Å²) in [6, 6.07) is 15.0. The number of hydrogen-bond donors (Lipinski definition) is 1. The molecule has 0 fully saturated rings. The van der Waals surface area contributed by atoms with Gasteiger partial charge in [-0.25, -0.2) is 0 Å². The topological polar surface area (TPSA) is 69.7 Å². The Kier molecular flexibility index (Phi) is 6.90. The van der Waals surface area contributed by atoms with Gasteiger partial charge in [-0.2, -0.15) is 0 Å². The van der Waals surface area contributed by atoms with E-state index in [4.69, 9.17) is 14.2 Å². The number of pyridine rings is 1. The van der Waals surface area contributed by atoms with Crippen LogP contribution in [0.4, 0.5) is 0 Å². The van der Waals surface area contributed by atoms with Gasteiger partial charge in [0, 0.05) is 11.6 Å². The van der Waals surface area contributed by atoms with Crippen molar-refractivity contribution in [2.24, 2.45) is 0 Å². The van der Waals surface area contributed by atoms with Gasteiger partial charge in [-0.15, -0.1) is 0 Å². The van der Waals surface area contributed by atoms with Crippen LogP contribution in [0.5, 0.6) is 17.2 Å². The minimum absolute atomic E-state index is 0.120. The number of nitrogens with one attached hydrogen (secondary N) is 1. The lowest BCUT2D eigenvalue weighted by molar-refractivity contribution is -0.120. The van der Waals surface area contributed by atoms with Gasteiger partial charge in [-0.05, 0) is 29.8 Å². The van der Waals surface area contributed by atoms with Crippen LogP contribution in [0.15, 0.2) is 54.7 Å².